The maximum atomic E-state index is 6.10. The molecule has 0 aromatic heterocycles. The molecule has 0 bridgehead atoms. The van der Waals surface area contributed by atoms with E-state index in [1.54, 1.807) is 0 Å². The predicted molar refractivity (Wildman–Crippen MR) is 85.2 cm³/mol. The first-order valence-corrected chi connectivity index (χ1v) is 7.85. The van der Waals surface area contributed by atoms with Gasteiger partial charge in [-0.15, -0.1) is 11.6 Å². The van der Waals surface area contributed by atoms with Crippen molar-refractivity contribution in [2.75, 3.05) is 5.88 Å². The summed E-state index contributed by atoms with van der Waals surface area (Å²) in [5, 5.41) is 3.56. The van der Waals surface area contributed by atoms with Crippen molar-refractivity contribution in [2.45, 2.75) is 31.8 Å². The number of fused-ring (bicyclic) bond motifs is 1. The topological polar surface area (TPSA) is 12.0 Å². The third-order valence-corrected chi connectivity index (χ3v) is 4.38. The van der Waals surface area contributed by atoms with Crippen LogP contribution in [-0.4, -0.2) is 5.88 Å². The Morgan fingerprint density at radius 1 is 1.00 bits per heavy atom. The summed E-state index contributed by atoms with van der Waals surface area (Å²) >= 11 is 6.10. The van der Waals surface area contributed by atoms with Gasteiger partial charge in [-0.1, -0.05) is 48.5 Å². The number of hydrogen-bond donors (Lipinski definition) is 1. The minimum atomic E-state index is 0.214. The maximum absolute atomic E-state index is 6.10. The summed E-state index contributed by atoms with van der Waals surface area (Å²) in [6.45, 7) is 0.875. The van der Waals surface area contributed by atoms with Crippen molar-refractivity contribution in [3.05, 3.63) is 70.8 Å². The monoisotopic (exact) mass is 285 g/mol. The van der Waals surface area contributed by atoms with Crippen LogP contribution >= 0.6 is 11.6 Å². The standard InChI is InChI=1S/C18H20ClN/c19-12-18(16-5-2-1-3-6-16)20-13-14-9-10-15-7-4-8-17(15)11-14/h1-3,5-6,9-11,18,20H,4,7-8,12-13H2. The van der Waals surface area contributed by atoms with E-state index in [0.29, 0.717) is 5.88 Å². The number of aryl methyl sites for hydroxylation is 2. The van der Waals surface area contributed by atoms with E-state index < -0.39 is 0 Å². The fourth-order valence-corrected chi connectivity index (χ4v) is 3.21. The van der Waals surface area contributed by atoms with Gasteiger partial charge in [-0.2, -0.15) is 0 Å². The van der Waals surface area contributed by atoms with Crippen LogP contribution in [0, 0.1) is 0 Å². The van der Waals surface area contributed by atoms with Crippen LogP contribution in [0.3, 0.4) is 0 Å². The van der Waals surface area contributed by atoms with Crippen molar-refractivity contribution >= 4 is 11.6 Å². The lowest BCUT2D eigenvalue weighted by Crippen LogP contribution is -2.22. The van der Waals surface area contributed by atoms with Gasteiger partial charge >= 0.3 is 0 Å². The fourth-order valence-electron chi connectivity index (χ4n) is 2.92. The predicted octanol–water partition coefficient (Wildman–Crippen LogP) is 4.25. The van der Waals surface area contributed by atoms with Crippen LogP contribution in [0.25, 0.3) is 0 Å². The van der Waals surface area contributed by atoms with E-state index in [2.05, 4.69) is 47.8 Å². The number of benzene rings is 2. The van der Waals surface area contributed by atoms with Crippen molar-refractivity contribution in [2.24, 2.45) is 0 Å². The second-order valence-electron chi connectivity index (χ2n) is 5.46. The molecule has 1 aliphatic rings. The molecule has 1 N–H and O–H groups in total. The molecule has 20 heavy (non-hydrogen) atoms. The summed E-state index contributed by atoms with van der Waals surface area (Å²) in [5.74, 6) is 0.592. The smallest absolute Gasteiger partial charge is 0.0460 e. The number of hydrogen-bond acceptors (Lipinski definition) is 1. The van der Waals surface area contributed by atoms with Crippen molar-refractivity contribution in [1.82, 2.24) is 5.32 Å². The van der Waals surface area contributed by atoms with Crippen LogP contribution < -0.4 is 5.32 Å². The van der Waals surface area contributed by atoms with Gasteiger partial charge in [0.05, 0.1) is 0 Å². The highest BCUT2D eigenvalue weighted by Crippen LogP contribution is 2.23. The van der Waals surface area contributed by atoms with Gasteiger partial charge in [0.1, 0.15) is 0 Å². The zero-order valence-corrected chi connectivity index (χ0v) is 12.4. The lowest BCUT2D eigenvalue weighted by Gasteiger charge is -2.17. The molecule has 2 heteroatoms. The molecule has 0 radical (unpaired) electrons. The van der Waals surface area contributed by atoms with Gasteiger partial charge in [-0.25, -0.2) is 0 Å². The van der Waals surface area contributed by atoms with Crippen molar-refractivity contribution in [3.63, 3.8) is 0 Å². The van der Waals surface area contributed by atoms with Crippen LogP contribution in [-0.2, 0) is 19.4 Å². The Bertz CT molecular complexity index is 565. The second kappa shape index (κ2) is 6.43. The quantitative estimate of drug-likeness (QED) is 0.810. The van der Waals surface area contributed by atoms with E-state index in [-0.39, 0.29) is 6.04 Å². The minimum absolute atomic E-state index is 0.214. The number of alkyl halides is 1. The molecular formula is C18H20ClN. The Kier molecular flexibility index (Phi) is 4.39. The molecule has 0 aliphatic heterocycles. The molecule has 0 fully saturated rings. The molecule has 0 saturated carbocycles. The summed E-state index contributed by atoms with van der Waals surface area (Å²) in [6, 6.07) is 17.5. The van der Waals surface area contributed by atoms with Crippen molar-refractivity contribution in [1.29, 1.82) is 0 Å². The molecular weight excluding hydrogens is 266 g/mol. The molecule has 0 spiro atoms. The van der Waals surface area contributed by atoms with E-state index in [0.717, 1.165) is 6.54 Å². The number of rotatable bonds is 5. The Balaban J connectivity index is 1.66. The molecule has 1 unspecified atom stereocenters. The second-order valence-corrected chi connectivity index (χ2v) is 5.76. The van der Waals surface area contributed by atoms with Crippen LogP contribution in [0.2, 0.25) is 0 Å². The molecule has 104 valence electrons. The van der Waals surface area contributed by atoms with Crippen LogP contribution in [0.15, 0.2) is 48.5 Å². The van der Waals surface area contributed by atoms with E-state index in [1.807, 2.05) is 6.07 Å². The highest BCUT2D eigenvalue weighted by Gasteiger charge is 2.12. The van der Waals surface area contributed by atoms with Gasteiger partial charge < -0.3 is 5.32 Å². The first-order valence-electron chi connectivity index (χ1n) is 7.32. The number of nitrogens with one attached hydrogen (secondary N) is 1. The zero-order chi connectivity index (χ0) is 13.8. The molecule has 1 aliphatic carbocycles. The third-order valence-electron chi connectivity index (χ3n) is 4.07. The summed E-state index contributed by atoms with van der Waals surface area (Å²) in [6.07, 6.45) is 3.79. The largest absolute Gasteiger partial charge is 0.305 e. The summed E-state index contributed by atoms with van der Waals surface area (Å²) < 4.78 is 0. The van der Waals surface area contributed by atoms with Crippen molar-refractivity contribution < 1.29 is 0 Å². The highest BCUT2D eigenvalue weighted by molar-refractivity contribution is 6.18. The molecule has 0 saturated heterocycles. The van der Waals surface area contributed by atoms with Gasteiger partial charge in [0.15, 0.2) is 0 Å². The molecule has 0 heterocycles. The van der Waals surface area contributed by atoms with Gasteiger partial charge in [0.25, 0.3) is 0 Å². The van der Waals surface area contributed by atoms with E-state index in [1.165, 1.54) is 41.5 Å². The Morgan fingerprint density at radius 2 is 1.80 bits per heavy atom. The SMILES string of the molecule is ClCC(NCc1ccc2c(c1)CCC2)c1ccccc1. The average Bonchev–Trinajstić information content (AvgIpc) is 2.96. The highest BCUT2D eigenvalue weighted by atomic mass is 35.5. The summed E-state index contributed by atoms with van der Waals surface area (Å²) in [7, 11) is 0. The Morgan fingerprint density at radius 3 is 2.60 bits per heavy atom. The molecule has 1 atom stereocenters. The van der Waals surface area contributed by atoms with Gasteiger partial charge in [-0.3, -0.25) is 0 Å². The first kappa shape index (κ1) is 13.7. The first-order chi connectivity index (χ1) is 9.86. The zero-order valence-electron chi connectivity index (χ0n) is 11.6. The fraction of sp³-hybridized carbons (Fsp3) is 0.333. The summed E-state index contributed by atoms with van der Waals surface area (Å²) in [5.41, 5.74) is 5.68. The minimum Gasteiger partial charge on any atom is -0.305 e. The van der Waals surface area contributed by atoms with E-state index >= 15 is 0 Å². The lowest BCUT2D eigenvalue weighted by molar-refractivity contribution is 0.579. The van der Waals surface area contributed by atoms with Crippen LogP contribution in [0.4, 0.5) is 0 Å². The van der Waals surface area contributed by atoms with E-state index in [9.17, 15) is 0 Å². The van der Waals surface area contributed by atoms with Crippen LogP contribution in [0.5, 0.6) is 0 Å². The maximum Gasteiger partial charge on any atom is 0.0460 e. The Hall–Kier alpha value is -1.31. The van der Waals surface area contributed by atoms with Gasteiger partial charge in [-0.05, 0) is 41.5 Å². The van der Waals surface area contributed by atoms with Gasteiger partial charge in [0, 0.05) is 18.5 Å². The van der Waals surface area contributed by atoms with E-state index in [4.69, 9.17) is 11.6 Å². The third kappa shape index (κ3) is 3.05. The summed E-state index contributed by atoms with van der Waals surface area (Å²) in [4.78, 5) is 0. The molecule has 1 nitrogen and oxygen atoms in total. The van der Waals surface area contributed by atoms with Crippen molar-refractivity contribution in [3.8, 4) is 0 Å². The molecule has 2 aromatic rings. The molecule has 0 amide bonds. The average molecular weight is 286 g/mol. The Labute approximate surface area is 126 Å². The molecule has 2 aromatic carbocycles. The normalized spacial score (nSPS) is 15.1. The molecule has 3 rings (SSSR count). The van der Waals surface area contributed by atoms with Crippen LogP contribution in [0.1, 0.15) is 34.7 Å². The number of halogens is 1. The lowest BCUT2D eigenvalue weighted by atomic mass is 10.1. The van der Waals surface area contributed by atoms with Gasteiger partial charge in [0.2, 0.25) is 0 Å².